The van der Waals surface area contributed by atoms with Crippen LogP contribution in [0.2, 0.25) is 0 Å². The molecule has 4 nitrogen and oxygen atoms in total. The van der Waals surface area contributed by atoms with E-state index in [2.05, 4.69) is 27.3 Å². The number of nitrogens with zero attached hydrogens (tertiary/aromatic N) is 1. The zero-order valence-electron chi connectivity index (χ0n) is 9.14. The lowest BCUT2D eigenvalue weighted by Gasteiger charge is -2.08. The number of hydrogen-bond donors (Lipinski definition) is 0. The smallest absolute Gasteiger partial charge is 0.343 e. The van der Waals surface area contributed by atoms with Crippen molar-refractivity contribution in [3.63, 3.8) is 0 Å². The fourth-order valence-corrected chi connectivity index (χ4v) is 1.44. The number of benzene rings is 1. The van der Waals surface area contributed by atoms with Crippen LogP contribution < -0.4 is 0 Å². The Hall–Kier alpha value is -1.55. The molecule has 0 unspecified atom stereocenters. The number of esters is 1. The van der Waals surface area contributed by atoms with Crippen LogP contribution >= 0.6 is 22.6 Å². The van der Waals surface area contributed by atoms with Crippen molar-refractivity contribution in [2.45, 2.75) is 0 Å². The fourth-order valence-electron chi connectivity index (χ4n) is 1.08. The predicted molar refractivity (Wildman–Crippen MR) is 70.7 cm³/mol. The van der Waals surface area contributed by atoms with E-state index in [1.165, 1.54) is 13.2 Å². The first-order chi connectivity index (χ1) is 8.17. The van der Waals surface area contributed by atoms with Gasteiger partial charge in [-0.3, -0.25) is 0 Å². The van der Waals surface area contributed by atoms with Crippen molar-refractivity contribution < 1.29 is 14.3 Å². The maximum Gasteiger partial charge on any atom is 0.343 e. The fraction of sp³-hybridized carbons (Fsp3) is 0.167. The second-order valence-electron chi connectivity index (χ2n) is 3.01. The topological polar surface area (TPSA) is 59.3 Å². The van der Waals surface area contributed by atoms with Gasteiger partial charge in [0.25, 0.3) is 0 Å². The number of hydrogen-bond acceptors (Lipinski definition) is 4. The molecular formula is C12H10INO3. The first-order valence-electron chi connectivity index (χ1n) is 4.72. The quantitative estimate of drug-likeness (QED) is 0.364. The molecule has 1 aromatic carbocycles. The molecule has 0 bridgehead atoms. The van der Waals surface area contributed by atoms with Gasteiger partial charge in [0.15, 0.2) is 6.61 Å². The Labute approximate surface area is 113 Å². The Morgan fingerprint density at radius 1 is 1.47 bits per heavy atom. The van der Waals surface area contributed by atoms with Crippen molar-refractivity contribution in [2.24, 2.45) is 0 Å². The van der Waals surface area contributed by atoms with Crippen LogP contribution in [-0.2, 0) is 14.3 Å². The molecule has 1 rings (SSSR count). The Balaban J connectivity index is 2.81. The van der Waals surface area contributed by atoms with Crippen molar-refractivity contribution in [1.82, 2.24) is 0 Å². The van der Waals surface area contributed by atoms with E-state index >= 15 is 0 Å². The van der Waals surface area contributed by atoms with Crippen molar-refractivity contribution in [3.05, 3.63) is 39.5 Å². The summed E-state index contributed by atoms with van der Waals surface area (Å²) in [5, 5.41) is 8.65. The number of halogens is 1. The van der Waals surface area contributed by atoms with Crippen LogP contribution in [0.15, 0.2) is 30.3 Å². The molecule has 0 aliphatic carbocycles. The highest BCUT2D eigenvalue weighted by Crippen LogP contribution is 2.17. The lowest BCUT2D eigenvalue weighted by Crippen LogP contribution is -2.09. The molecule has 88 valence electrons. The number of rotatable bonds is 4. The minimum Gasteiger partial charge on any atom is -0.481 e. The maximum atomic E-state index is 10.9. The van der Waals surface area contributed by atoms with Crippen LogP contribution in [0.25, 0.3) is 5.76 Å². The summed E-state index contributed by atoms with van der Waals surface area (Å²) in [4.78, 5) is 10.9. The number of nitriles is 1. The molecule has 0 saturated heterocycles. The molecule has 0 aliphatic heterocycles. The van der Waals surface area contributed by atoms with Crippen molar-refractivity contribution in [2.75, 3.05) is 13.7 Å². The van der Waals surface area contributed by atoms with Gasteiger partial charge in [-0.05, 0) is 34.7 Å². The van der Waals surface area contributed by atoms with E-state index in [9.17, 15) is 4.79 Å². The molecule has 0 radical (unpaired) electrons. The average Bonchev–Trinajstić information content (AvgIpc) is 2.35. The molecule has 0 aromatic heterocycles. The highest BCUT2D eigenvalue weighted by atomic mass is 127. The summed E-state index contributed by atoms with van der Waals surface area (Å²) in [5.41, 5.74) is 0.746. The maximum absolute atomic E-state index is 10.9. The molecule has 0 atom stereocenters. The Kier molecular flexibility index (Phi) is 5.49. The van der Waals surface area contributed by atoms with Crippen LogP contribution in [0.1, 0.15) is 5.56 Å². The van der Waals surface area contributed by atoms with Crippen LogP contribution in [0.4, 0.5) is 0 Å². The van der Waals surface area contributed by atoms with Gasteiger partial charge in [-0.1, -0.05) is 12.1 Å². The van der Waals surface area contributed by atoms with E-state index < -0.39 is 5.97 Å². The Bertz CT molecular complexity index is 460. The van der Waals surface area contributed by atoms with E-state index in [4.69, 9.17) is 10.00 Å². The summed E-state index contributed by atoms with van der Waals surface area (Å²) in [6.45, 7) is -0.212. The summed E-state index contributed by atoms with van der Waals surface area (Å²) in [5.74, 6) is -0.131. The van der Waals surface area contributed by atoms with Crippen molar-refractivity contribution >= 4 is 34.3 Å². The second-order valence-corrected chi connectivity index (χ2v) is 4.26. The summed E-state index contributed by atoms with van der Waals surface area (Å²) in [7, 11) is 1.28. The van der Waals surface area contributed by atoms with E-state index in [1.54, 1.807) is 0 Å². The second kappa shape index (κ2) is 6.91. The average molecular weight is 343 g/mol. The predicted octanol–water partition coefficient (Wildman–Crippen LogP) is 2.35. The minimum absolute atomic E-state index is 0.212. The number of carbonyl (C=O) groups excluding carboxylic acids is 1. The zero-order chi connectivity index (χ0) is 12.7. The first kappa shape index (κ1) is 13.5. The van der Waals surface area contributed by atoms with Crippen LogP contribution in [0, 0.1) is 14.9 Å². The molecule has 5 heteroatoms. The standard InChI is InChI=1S/C12H10INO3/c1-16-12(15)8-17-11(6-7-14)9-2-4-10(13)5-3-9/h2-6H,8H2,1H3/b11-6-. The lowest BCUT2D eigenvalue weighted by atomic mass is 10.2. The Morgan fingerprint density at radius 3 is 2.65 bits per heavy atom. The van der Waals surface area contributed by atoms with E-state index in [-0.39, 0.29) is 6.61 Å². The molecule has 0 saturated carbocycles. The van der Waals surface area contributed by atoms with Gasteiger partial charge in [0.1, 0.15) is 5.76 Å². The number of methoxy groups -OCH3 is 1. The third-order valence-electron chi connectivity index (χ3n) is 1.90. The van der Waals surface area contributed by atoms with E-state index in [0.29, 0.717) is 5.76 Å². The zero-order valence-corrected chi connectivity index (χ0v) is 11.3. The van der Waals surface area contributed by atoms with Gasteiger partial charge in [0.05, 0.1) is 19.3 Å². The monoisotopic (exact) mass is 343 g/mol. The third kappa shape index (κ3) is 4.44. The van der Waals surface area contributed by atoms with Crippen LogP contribution in [0.5, 0.6) is 0 Å². The van der Waals surface area contributed by atoms with Gasteiger partial charge in [0, 0.05) is 9.13 Å². The molecular weight excluding hydrogens is 333 g/mol. The number of ether oxygens (including phenoxy) is 2. The van der Waals surface area contributed by atoms with Gasteiger partial charge in [-0.15, -0.1) is 0 Å². The van der Waals surface area contributed by atoms with E-state index in [1.807, 2.05) is 30.3 Å². The van der Waals surface area contributed by atoms with E-state index in [0.717, 1.165) is 9.13 Å². The molecule has 0 N–H and O–H groups in total. The molecule has 0 spiro atoms. The molecule has 0 heterocycles. The first-order valence-corrected chi connectivity index (χ1v) is 5.80. The van der Waals surface area contributed by atoms with Crippen molar-refractivity contribution in [1.29, 1.82) is 5.26 Å². The Morgan fingerprint density at radius 2 is 2.12 bits per heavy atom. The van der Waals surface area contributed by atoms with Gasteiger partial charge in [-0.25, -0.2) is 4.79 Å². The molecule has 1 aromatic rings. The summed E-state index contributed by atoms with van der Waals surface area (Å²) >= 11 is 2.18. The van der Waals surface area contributed by atoms with Crippen molar-refractivity contribution in [3.8, 4) is 6.07 Å². The number of allylic oxidation sites excluding steroid dienone is 1. The normalized spacial score (nSPS) is 10.5. The van der Waals surface area contributed by atoms with Gasteiger partial charge in [-0.2, -0.15) is 5.26 Å². The van der Waals surface area contributed by atoms with Gasteiger partial charge < -0.3 is 9.47 Å². The molecule has 0 aliphatic rings. The third-order valence-corrected chi connectivity index (χ3v) is 2.62. The molecule has 0 fully saturated rings. The molecule has 0 amide bonds. The lowest BCUT2D eigenvalue weighted by molar-refractivity contribution is -0.143. The van der Waals surface area contributed by atoms with Gasteiger partial charge in [0.2, 0.25) is 0 Å². The molecule has 17 heavy (non-hydrogen) atoms. The minimum atomic E-state index is -0.487. The van der Waals surface area contributed by atoms with Gasteiger partial charge >= 0.3 is 5.97 Å². The largest absolute Gasteiger partial charge is 0.481 e. The highest BCUT2D eigenvalue weighted by molar-refractivity contribution is 14.1. The van der Waals surface area contributed by atoms with Crippen LogP contribution in [0.3, 0.4) is 0 Å². The number of carbonyl (C=O) groups is 1. The summed E-state index contributed by atoms with van der Waals surface area (Å²) in [6, 6.07) is 9.31. The summed E-state index contributed by atoms with van der Waals surface area (Å²) < 4.78 is 10.8. The van der Waals surface area contributed by atoms with Crippen LogP contribution in [-0.4, -0.2) is 19.7 Å². The summed E-state index contributed by atoms with van der Waals surface area (Å²) in [6.07, 6.45) is 1.26. The SMILES string of the molecule is COC(=O)CO/C(=C\C#N)c1ccc(I)cc1. The highest BCUT2D eigenvalue weighted by Gasteiger charge is 2.06.